The molecule has 0 aliphatic carbocycles. The van der Waals surface area contributed by atoms with Crippen LogP contribution < -0.4 is 5.32 Å². The Hall–Kier alpha value is -1.61. The predicted octanol–water partition coefficient (Wildman–Crippen LogP) is 3.80. The van der Waals surface area contributed by atoms with Gasteiger partial charge < -0.3 is 9.88 Å². The van der Waals surface area contributed by atoms with Gasteiger partial charge in [-0.05, 0) is 51.3 Å². The van der Waals surface area contributed by atoms with E-state index < -0.39 is 0 Å². The lowest BCUT2D eigenvalue weighted by Gasteiger charge is -2.20. The Morgan fingerprint density at radius 3 is 2.76 bits per heavy atom. The molecule has 0 amide bonds. The first kappa shape index (κ1) is 15.8. The van der Waals surface area contributed by atoms with Crippen LogP contribution in [0.4, 0.5) is 0 Å². The molecule has 0 radical (unpaired) electrons. The molecule has 1 heterocycles. The molecule has 0 fully saturated rings. The summed E-state index contributed by atoms with van der Waals surface area (Å²) in [5, 5.41) is 3.66. The maximum atomic E-state index is 4.59. The van der Waals surface area contributed by atoms with Crippen molar-refractivity contribution in [2.24, 2.45) is 0 Å². The third-order valence-electron chi connectivity index (χ3n) is 3.97. The van der Waals surface area contributed by atoms with E-state index in [0.717, 1.165) is 31.8 Å². The van der Waals surface area contributed by atoms with E-state index in [4.69, 9.17) is 0 Å². The summed E-state index contributed by atoms with van der Waals surface area (Å²) < 4.78 is 2.23. The van der Waals surface area contributed by atoms with Crippen LogP contribution in [-0.2, 0) is 13.0 Å². The molecule has 1 unspecified atom stereocenters. The molecular formula is C18H27N3. The molecule has 21 heavy (non-hydrogen) atoms. The summed E-state index contributed by atoms with van der Waals surface area (Å²) in [5.74, 6) is 1.15. The first-order valence-corrected chi connectivity index (χ1v) is 7.96. The molecule has 1 aromatic carbocycles. The normalized spacial score (nSPS) is 12.6. The van der Waals surface area contributed by atoms with Crippen LogP contribution in [0.25, 0.3) is 0 Å². The molecule has 1 atom stereocenters. The molecule has 2 rings (SSSR count). The lowest BCUT2D eigenvalue weighted by Crippen LogP contribution is -2.27. The highest BCUT2D eigenvalue weighted by molar-refractivity contribution is 5.31. The van der Waals surface area contributed by atoms with Gasteiger partial charge in [-0.3, -0.25) is 0 Å². The number of aryl methyl sites for hydroxylation is 3. The summed E-state index contributed by atoms with van der Waals surface area (Å²) >= 11 is 0. The zero-order chi connectivity index (χ0) is 15.2. The first-order valence-electron chi connectivity index (χ1n) is 7.96. The Bertz CT molecular complexity index is 572. The first-order chi connectivity index (χ1) is 10.2. The van der Waals surface area contributed by atoms with Gasteiger partial charge in [0.1, 0.15) is 5.82 Å². The van der Waals surface area contributed by atoms with Gasteiger partial charge in [0.05, 0.1) is 6.04 Å². The van der Waals surface area contributed by atoms with Crippen LogP contribution in [0.3, 0.4) is 0 Å². The van der Waals surface area contributed by atoms with Crippen LogP contribution in [-0.4, -0.2) is 16.1 Å². The van der Waals surface area contributed by atoms with E-state index >= 15 is 0 Å². The number of nitrogens with one attached hydrogen (secondary N) is 1. The van der Waals surface area contributed by atoms with Gasteiger partial charge in [-0.1, -0.05) is 30.7 Å². The second kappa shape index (κ2) is 7.41. The second-order valence-electron chi connectivity index (χ2n) is 5.71. The maximum Gasteiger partial charge on any atom is 0.126 e. The van der Waals surface area contributed by atoms with E-state index in [1.807, 2.05) is 6.20 Å². The summed E-state index contributed by atoms with van der Waals surface area (Å²) in [5.41, 5.74) is 4.09. The third kappa shape index (κ3) is 3.94. The summed E-state index contributed by atoms with van der Waals surface area (Å²) in [4.78, 5) is 4.59. The highest BCUT2D eigenvalue weighted by Crippen LogP contribution is 2.21. The molecule has 3 heteroatoms. The molecule has 0 saturated heterocycles. The topological polar surface area (TPSA) is 29.9 Å². The summed E-state index contributed by atoms with van der Waals surface area (Å²) in [6, 6.07) is 6.98. The number of nitrogens with zero attached hydrogens (tertiary/aromatic N) is 2. The van der Waals surface area contributed by atoms with E-state index in [0.29, 0.717) is 0 Å². The van der Waals surface area contributed by atoms with Gasteiger partial charge in [0.2, 0.25) is 0 Å². The van der Waals surface area contributed by atoms with Crippen LogP contribution in [0.15, 0.2) is 30.6 Å². The molecule has 2 aromatic rings. The molecule has 1 N–H and O–H groups in total. The molecular weight excluding hydrogens is 258 g/mol. The van der Waals surface area contributed by atoms with Crippen molar-refractivity contribution in [3.63, 3.8) is 0 Å². The maximum absolute atomic E-state index is 4.59. The largest absolute Gasteiger partial charge is 0.334 e. The highest BCUT2D eigenvalue weighted by Gasteiger charge is 2.17. The van der Waals surface area contributed by atoms with E-state index in [9.17, 15) is 0 Å². The molecule has 114 valence electrons. The van der Waals surface area contributed by atoms with Gasteiger partial charge in [0.15, 0.2) is 0 Å². The van der Waals surface area contributed by atoms with Gasteiger partial charge in [0, 0.05) is 18.9 Å². The van der Waals surface area contributed by atoms with Crippen molar-refractivity contribution in [1.29, 1.82) is 0 Å². The zero-order valence-corrected chi connectivity index (χ0v) is 13.7. The fourth-order valence-corrected chi connectivity index (χ4v) is 2.71. The van der Waals surface area contributed by atoms with E-state index in [1.165, 1.54) is 16.7 Å². The monoisotopic (exact) mass is 285 g/mol. The molecule has 0 saturated carbocycles. The Morgan fingerprint density at radius 1 is 1.24 bits per heavy atom. The average molecular weight is 285 g/mol. The van der Waals surface area contributed by atoms with Gasteiger partial charge in [0.25, 0.3) is 0 Å². The van der Waals surface area contributed by atoms with Crippen molar-refractivity contribution in [3.05, 3.63) is 53.1 Å². The van der Waals surface area contributed by atoms with E-state index in [1.54, 1.807) is 0 Å². The van der Waals surface area contributed by atoms with E-state index in [-0.39, 0.29) is 6.04 Å². The van der Waals surface area contributed by atoms with Gasteiger partial charge >= 0.3 is 0 Å². The number of hydrogen-bond acceptors (Lipinski definition) is 2. The molecule has 0 aliphatic rings. The molecule has 0 spiro atoms. The van der Waals surface area contributed by atoms with Crippen LogP contribution in [0.5, 0.6) is 0 Å². The fraction of sp³-hybridized carbons (Fsp3) is 0.500. The SMILES string of the molecule is CCCNC(Cc1cc(C)ccc1C)c1nccn1CC. The average Bonchev–Trinajstić information content (AvgIpc) is 2.95. The van der Waals surface area contributed by atoms with Gasteiger partial charge in [-0.15, -0.1) is 0 Å². The van der Waals surface area contributed by atoms with Gasteiger partial charge in [-0.2, -0.15) is 0 Å². The predicted molar refractivity (Wildman–Crippen MR) is 88.6 cm³/mol. The number of aromatic nitrogens is 2. The summed E-state index contributed by atoms with van der Waals surface area (Å²) in [6.45, 7) is 10.7. The number of imidazole rings is 1. The van der Waals surface area contributed by atoms with Crippen LogP contribution in [0.2, 0.25) is 0 Å². The minimum absolute atomic E-state index is 0.278. The molecule has 3 nitrogen and oxygen atoms in total. The minimum Gasteiger partial charge on any atom is -0.334 e. The van der Waals surface area contributed by atoms with Crippen molar-refractivity contribution < 1.29 is 0 Å². The third-order valence-corrected chi connectivity index (χ3v) is 3.97. The number of rotatable bonds is 7. The lowest BCUT2D eigenvalue weighted by molar-refractivity contribution is 0.481. The van der Waals surface area contributed by atoms with Crippen LogP contribution in [0, 0.1) is 13.8 Å². The highest BCUT2D eigenvalue weighted by atomic mass is 15.1. The lowest BCUT2D eigenvalue weighted by atomic mass is 9.98. The second-order valence-corrected chi connectivity index (χ2v) is 5.71. The fourth-order valence-electron chi connectivity index (χ4n) is 2.71. The Balaban J connectivity index is 2.26. The van der Waals surface area contributed by atoms with Crippen molar-refractivity contribution in [2.75, 3.05) is 6.54 Å². The van der Waals surface area contributed by atoms with Gasteiger partial charge in [-0.25, -0.2) is 4.98 Å². The van der Waals surface area contributed by atoms with Crippen molar-refractivity contribution in [3.8, 4) is 0 Å². The van der Waals surface area contributed by atoms with E-state index in [2.05, 4.69) is 67.0 Å². The molecule has 0 bridgehead atoms. The summed E-state index contributed by atoms with van der Waals surface area (Å²) in [6.07, 6.45) is 6.10. The number of benzene rings is 1. The smallest absolute Gasteiger partial charge is 0.126 e. The Morgan fingerprint density at radius 2 is 2.05 bits per heavy atom. The minimum atomic E-state index is 0.278. The molecule has 0 aliphatic heterocycles. The Labute approximate surface area is 128 Å². The number of hydrogen-bond donors (Lipinski definition) is 1. The Kier molecular flexibility index (Phi) is 5.57. The van der Waals surface area contributed by atoms with Crippen LogP contribution in [0.1, 0.15) is 48.8 Å². The van der Waals surface area contributed by atoms with Crippen LogP contribution >= 0.6 is 0 Å². The quantitative estimate of drug-likeness (QED) is 0.838. The van der Waals surface area contributed by atoms with Crippen molar-refractivity contribution >= 4 is 0 Å². The zero-order valence-electron chi connectivity index (χ0n) is 13.7. The van der Waals surface area contributed by atoms with Crippen molar-refractivity contribution in [2.45, 2.75) is 53.1 Å². The standard InChI is InChI=1S/C18H27N3/c1-5-9-19-17(18-20-10-11-21(18)6-2)13-16-12-14(3)7-8-15(16)4/h7-8,10-12,17,19H,5-6,9,13H2,1-4H3. The summed E-state index contributed by atoms with van der Waals surface area (Å²) in [7, 11) is 0. The molecule has 1 aromatic heterocycles. The van der Waals surface area contributed by atoms with Crippen molar-refractivity contribution in [1.82, 2.24) is 14.9 Å².